The van der Waals surface area contributed by atoms with Crippen LogP contribution in [-0.4, -0.2) is 12.1 Å². The van der Waals surface area contributed by atoms with Crippen molar-refractivity contribution in [3.05, 3.63) is 33.8 Å². The molecule has 0 atom stereocenters. The summed E-state index contributed by atoms with van der Waals surface area (Å²) < 4.78 is 0. The van der Waals surface area contributed by atoms with Crippen molar-refractivity contribution >= 4 is 29.2 Å². The van der Waals surface area contributed by atoms with Crippen LogP contribution in [0.25, 0.3) is 0 Å². The van der Waals surface area contributed by atoms with Gasteiger partial charge in [-0.3, -0.25) is 0 Å². The largest absolute Gasteiger partial charge is 0.335 e. The fourth-order valence-electron chi connectivity index (χ4n) is 2.04. The molecule has 1 aromatic carbocycles. The Morgan fingerprint density at radius 2 is 1.79 bits per heavy atom. The Morgan fingerprint density at radius 3 is 2.26 bits per heavy atom. The van der Waals surface area contributed by atoms with Crippen LogP contribution in [-0.2, 0) is 5.54 Å². The first-order chi connectivity index (χ1) is 8.87. The third-order valence-corrected chi connectivity index (χ3v) is 3.89. The molecule has 0 saturated heterocycles. The van der Waals surface area contributed by atoms with Gasteiger partial charge in [0.2, 0.25) is 0 Å². The van der Waals surface area contributed by atoms with Crippen molar-refractivity contribution < 1.29 is 4.79 Å². The van der Waals surface area contributed by atoms with E-state index < -0.39 is 5.54 Å². The van der Waals surface area contributed by atoms with Gasteiger partial charge < -0.3 is 10.6 Å². The maximum atomic E-state index is 11.9. The van der Waals surface area contributed by atoms with Crippen LogP contribution in [0.1, 0.15) is 38.7 Å². The molecule has 1 fully saturated rings. The van der Waals surface area contributed by atoms with Crippen molar-refractivity contribution in [2.75, 3.05) is 0 Å². The van der Waals surface area contributed by atoms with Gasteiger partial charge in [0, 0.05) is 16.1 Å². The molecule has 0 aliphatic heterocycles. The van der Waals surface area contributed by atoms with Crippen molar-refractivity contribution in [3.63, 3.8) is 0 Å². The van der Waals surface area contributed by atoms with E-state index in [1.807, 2.05) is 26.0 Å². The second kappa shape index (κ2) is 5.59. The average Bonchev–Trinajstić information content (AvgIpc) is 2.21. The maximum Gasteiger partial charge on any atom is 0.315 e. The zero-order valence-electron chi connectivity index (χ0n) is 11.1. The summed E-state index contributed by atoms with van der Waals surface area (Å²) in [6.45, 7) is 3.85. The molecule has 1 saturated carbocycles. The highest BCUT2D eigenvalue weighted by Gasteiger charge is 2.26. The summed E-state index contributed by atoms with van der Waals surface area (Å²) in [5.74, 6) is 0. The maximum absolute atomic E-state index is 11.9. The van der Waals surface area contributed by atoms with Crippen LogP contribution in [0, 0.1) is 0 Å². The number of rotatable bonds is 3. The lowest BCUT2D eigenvalue weighted by atomic mass is 9.93. The van der Waals surface area contributed by atoms with Gasteiger partial charge in [-0.25, -0.2) is 4.79 Å². The molecule has 0 radical (unpaired) electrons. The molecular weight excluding hydrogens is 283 g/mol. The first-order valence-electron chi connectivity index (χ1n) is 6.42. The predicted octanol–water partition coefficient (Wildman–Crippen LogP) is 4.08. The summed E-state index contributed by atoms with van der Waals surface area (Å²) in [7, 11) is 0. The molecule has 3 nitrogen and oxygen atoms in total. The number of nitrogens with one attached hydrogen (secondary N) is 2. The van der Waals surface area contributed by atoms with Gasteiger partial charge in [0.25, 0.3) is 0 Å². The van der Waals surface area contributed by atoms with Gasteiger partial charge in [-0.15, -0.1) is 0 Å². The molecule has 1 aliphatic rings. The zero-order chi connectivity index (χ0) is 14.0. The lowest BCUT2D eigenvalue weighted by Crippen LogP contribution is -2.51. The summed E-state index contributed by atoms with van der Waals surface area (Å²) in [6, 6.07) is 5.48. The van der Waals surface area contributed by atoms with Crippen LogP contribution in [0.3, 0.4) is 0 Å². The first-order valence-corrected chi connectivity index (χ1v) is 7.18. The molecule has 0 heterocycles. The average molecular weight is 301 g/mol. The van der Waals surface area contributed by atoms with Gasteiger partial charge in [-0.1, -0.05) is 23.2 Å². The number of hydrogen-bond donors (Lipinski definition) is 2. The van der Waals surface area contributed by atoms with Crippen LogP contribution < -0.4 is 10.6 Å². The van der Waals surface area contributed by atoms with E-state index in [1.54, 1.807) is 6.07 Å². The molecule has 5 heteroatoms. The van der Waals surface area contributed by atoms with Crippen molar-refractivity contribution in [2.24, 2.45) is 0 Å². The molecule has 0 bridgehead atoms. The van der Waals surface area contributed by atoms with Crippen molar-refractivity contribution in [3.8, 4) is 0 Å². The highest BCUT2D eigenvalue weighted by molar-refractivity contribution is 6.34. The Balaban J connectivity index is 2.05. The molecule has 2 N–H and O–H groups in total. The molecule has 2 amide bonds. The van der Waals surface area contributed by atoms with Gasteiger partial charge in [-0.05, 0) is 56.9 Å². The van der Waals surface area contributed by atoms with Crippen molar-refractivity contribution in [2.45, 2.75) is 44.7 Å². The molecular formula is C14H18Cl2N2O. The first kappa shape index (κ1) is 14.5. The van der Waals surface area contributed by atoms with Crippen molar-refractivity contribution in [1.82, 2.24) is 10.6 Å². The minimum atomic E-state index is -0.525. The SMILES string of the molecule is CC(C)(NC(=O)NC1CCC1)c1cc(Cl)cc(Cl)c1. The van der Waals surface area contributed by atoms with E-state index in [4.69, 9.17) is 23.2 Å². The van der Waals surface area contributed by atoms with Gasteiger partial charge in [0.05, 0.1) is 5.54 Å². The molecule has 1 aliphatic carbocycles. The Kier molecular flexibility index (Phi) is 4.26. The number of halogens is 2. The van der Waals surface area contributed by atoms with Crippen LogP contribution >= 0.6 is 23.2 Å². The molecule has 0 spiro atoms. The second-order valence-corrected chi connectivity index (χ2v) is 6.38. The van der Waals surface area contributed by atoms with Gasteiger partial charge >= 0.3 is 6.03 Å². The van der Waals surface area contributed by atoms with E-state index in [9.17, 15) is 4.79 Å². The quantitative estimate of drug-likeness (QED) is 0.867. The molecule has 0 aromatic heterocycles. The molecule has 19 heavy (non-hydrogen) atoms. The minimum absolute atomic E-state index is 0.147. The fourth-order valence-corrected chi connectivity index (χ4v) is 2.57. The second-order valence-electron chi connectivity index (χ2n) is 5.51. The summed E-state index contributed by atoms with van der Waals surface area (Å²) >= 11 is 12.0. The van der Waals surface area contributed by atoms with E-state index in [1.165, 1.54) is 6.42 Å². The number of benzene rings is 1. The minimum Gasteiger partial charge on any atom is -0.335 e. The monoisotopic (exact) mass is 300 g/mol. The van der Waals surface area contributed by atoms with Gasteiger partial charge in [0.1, 0.15) is 0 Å². The normalized spacial score (nSPS) is 15.8. The van der Waals surface area contributed by atoms with Gasteiger partial charge in [-0.2, -0.15) is 0 Å². The standard InChI is InChI=1S/C14H18Cl2N2O/c1-14(2,9-6-10(15)8-11(16)7-9)18-13(19)17-12-4-3-5-12/h6-8,12H,3-5H2,1-2H3,(H2,17,18,19). The number of hydrogen-bond acceptors (Lipinski definition) is 1. The Morgan fingerprint density at radius 1 is 1.21 bits per heavy atom. The predicted molar refractivity (Wildman–Crippen MR) is 78.8 cm³/mol. The molecule has 1 aromatic rings. The topological polar surface area (TPSA) is 41.1 Å². The summed E-state index contributed by atoms with van der Waals surface area (Å²) in [5.41, 5.74) is 0.358. The third-order valence-electron chi connectivity index (χ3n) is 3.45. The van der Waals surface area contributed by atoms with E-state index in [0.717, 1.165) is 18.4 Å². The Labute approximate surface area is 123 Å². The zero-order valence-corrected chi connectivity index (χ0v) is 12.6. The van der Waals surface area contributed by atoms with Crippen LogP contribution in [0.2, 0.25) is 10.0 Å². The number of amides is 2. The van der Waals surface area contributed by atoms with Crippen molar-refractivity contribution in [1.29, 1.82) is 0 Å². The van der Waals surface area contributed by atoms with E-state index in [0.29, 0.717) is 16.1 Å². The lowest BCUT2D eigenvalue weighted by molar-refractivity contribution is 0.218. The smallest absolute Gasteiger partial charge is 0.315 e. The Hall–Kier alpha value is -0.930. The number of urea groups is 1. The number of carbonyl (C=O) groups excluding carboxylic acids is 1. The third kappa shape index (κ3) is 3.77. The lowest BCUT2D eigenvalue weighted by Gasteiger charge is -2.31. The fraction of sp³-hybridized carbons (Fsp3) is 0.500. The molecule has 0 unspecified atom stereocenters. The summed E-state index contributed by atoms with van der Waals surface area (Å²) in [4.78, 5) is 11.9. The highest BCUT2D eigenvalue weighted by atomic mass is 35.5. The van der Waals surface area contributed by atoms with E-state index in [2.05, 4.69) is 10.6 Å². The van der Waals surface area contributed by atoms with E-state index in [-0.39, 0.29) is 6.03 Å². The molecule has 2 rings (SSSR count). The van der Waals surface area contributed by atoms with Crippen LogP contribution in [0.15, 0.2) is 18.2 Å². The summed E-state index contributed by atoms with van der Waals surface area (Å²) in [6.07, 6.45) is 3.33. The van der Waals surface area contributed by atoms with Crippen LogP contribution in [0.5, 0.6) is 0 Å². The highest BCUT2D eigenvalue weighted by Crippen LogP contribution is 2.27. The number of carbonyl (C=O) groups is 1. The van der Waals surface area contributed by atoms with Gasteiger partial charge in [0.15, 0.2) is 0 Å². The summed E-state index contributed by atoms with van der Waals surface area (Å²) in [5, 5.41) is 7.05. The Bertz CT molecular complexity index is 464. The van der Waals surface area contributed by atoms with Crippen LogP contribution in [0.4, 0.5) is 4.79 Å². The molecule has 104 valence electrons. The van der Waals surface area contributed by atoms with E-state index >= 15 is 0 Å².